The molecule has 108 valence electrons. The lowest BCUT2D eigenvalue weighted by Crippen LogP contribution is -2.37. The van der Waals surface area contributed by atoms with E-state index in [0.29, 0.717) is 19.6 Å². The highest BCUT2D eigenvalue weighted by atomic mass is 16.5. The predicted molar refractivity (Wildman–Crippen MR) is 72.2 cm³/mol. The Bertz CT molecular complexity index is 327. The fourth-order valence-electron chi connectivity index (χ4n) is 1.20. The van der Waals surface area contributed by atoms with Crippen molar-refractivity contribution in [3.05, 3.63) is 24.3 Å². The first-order valence-electron chi connectivity index (χ1n) is 6.19. The van der Waals surface area contributed by atoms with Gasteiger partial charge >= 0.3 is 0 Å². The molecule has 0 aromatic carbocycles. The van der Waals surface area contributed by atoms with Crippen molar-refractivity contribution in [2.24, 2.45) is 0 Å². The summed E-state index contributed by atoms with van der Waals surface area (Å²) in [5.41, 5.74) is 0. The van der Waals surface area contributed by atoms with Gasteiger partial charge in [0.1, 0.15) is 6.23 Å². The normalized spacial score (nSPS) is 12.8. The molecule has 0 aromatic rings. The van der Waals surface area contributed by atoms with Crippen LogP contribution in [-0.4, -0.2) is 42.9 Å². The van der Waals surface area contributed by atoms with Crippen LogP contribution in [0.3, 0.4) is 0 Å². The average Bonchev–Trinajstić information content (AvgIpc) is 2.34. The van der Waals surface area contributed by atoms with Crippen LogP contribution >= 0.6 is 0 Å². The molecule has 2 amide bonds. The van der Waals surface area contributed by atoms with Crippen molar-refractivity contribution in [1.29, 1.82) is 0 Å². The van der Waals surface area contributed by atoms with Crippen LogP contribution in [-0.2, 0) is 14.3 Å². The molecule has 1 atom stereocenters. The molecule has 0 fully saturated rings. The van der Waals surface area contributed by atoms with E-state index in [0.717, 1.165) is 0 Å². The van der Waals surface area contributed by atoms with Crippen molar-refractivity contribution in [2.45, 2.75) is 26.5 Å². The van der Waals surface area contributed by atoms with Gasteiger partial charge in [0.05, 0.1) is 6.61 Å². The van der Waals surface area contributed by atoms with Gasteiger partial charge in [-0.15, -0.1) is 0 Å². The Balaban J connectivity index is 3.48. The van der Waals surface area contributed by atoms with Crippen molar-refractivity contribution >= 4 is 11.8 Å². The molecule has 0 aliphatic rings. The maximum atomic E-state index is 11.1. The number of carbonyl (C=O) groups is 2. The van der Waals surface area contributed by atoms with Gasteiger partial charge in [-0.2, -0.15) is 0 Å². The molecule has 6 heteroatoms. The highest BCUT2D eigenvalue weighted by Gasteiger charge is 2.05. The Labute approximate surface area is 113 Å². The molecule has 0 heterocycles. The Kier molecular flexibility index (Phi) is 10.4. The third kappa shape index (κ3) is 11.2. The molecule has 0 bridgehead atoms. The monoisotopic (exact) mass is 270 g/mol. The second-order valence-corrected chi connectivity index (χ2v) is 3.74. The number of nitrogens with one attached hydrogen (secondary N) is 2. The molecule has 0 radical (unpaired) electrons. The summed E-state index contributed by atoms with van der Waals surface area (Å²) in [5, 5.41) is 14.4. The smallest absolute Gasteiger partial charge is 0.245 e. The van der Waals surface area contributed by atoms with Crippen molar-refractivity contribution in [2.75, 3.05) is 19.8 Å². The second kappa shape index (κ2) is 11.4. The van der Waals surface area contributed by atoms with Crippen molar-refractivity contribution in [3.63, 3.8) is 0 Å². The summed E-state index contributed by atoms with van der Waals surface area (Å²) in [5.74, 6) is -0.502. The molecule has 19 heavy (non-hydrogen) atoms. The predicted octanol–water partition coefficient (Wildman–Crippen LogP) is 0.0961. The van der Waals surface area contributed by atoms with E-state index in [1.807, 2.05) is 0 Å². The number of aliphatic hydroxyl groups excluding tert-OH is 1. The molecule has 3 N–H and O–H groups in total. The number of allylic oxidation sites excluding steroid dienone is 2. The minimum absolute atomic E-state index is 0.0199. The van der Waals surface area contributed by atoms with Crippen LogP contribution in [0.2, 0.25) is 0 Å². The minimum Gasteiger partial charge on any atom is -0.377 e. The van der Waals surface area contributed by atoms with Gasteiger partial charge in [-0.1, -0.05) is 12.2 Å². The number of aliphatic hydroxyl groups is 1. The van der Waals surface area contributed by atoms with Crippen molar-refractivity contribution in [3.8, 4) is 0 Å². The van der Waals surface area contributed by atoms with E-state index in [4.69, 9.17) is 4.74 Å². The topological polar surface area (TPSA) is 87.7 Å². The summed E-state index contributed by atoms with van der Waals surface area (Å²) in [7, 11) is 0. The Hall–Kier alpha value is -1.66. The SMILES string of the molecule is CC=CC(=O)NCCCOCC(O)NC(=O)C=CC. The van der Waals surface area contributed by atoms with Crippen molar-refractivity contribution in [1.82, 2.24) is 10.6 Å². The highest BCUT2D eigenvalue weighted by Crippen LogP contribution is 1.86. The van der Waals surface area contributed by atoms with E-state index in [9.17, 15) is 14.7 Å². The summed E-state index contributed by atoms with van der Waals surface area (Å²) >= 11 is 0. The number of ether oxygens (including phenoxy) is 1. The van der Waals surface area contributed by atoms with Gasteiger partial charge < -0.3 is 20.5 Å². The summed E-state index contributed by atoms with van der Waals surface area (Å²) in [6, 6.07) is 0. The average molecular weight is 270 g/mol. The van der Waals surface area contributed by atoms with E-state index in [1.165, 1.54) is 12.2 Å². The summed E-state index contributed by atoms with van der Waals surface area (Å²) in [6.45, 7) is 4.40. The van der Waals surface area contributed by atoms with E-state index >= 15 is 0 Å². The van der Waals surface area contributed by atoms with Gasteiger partial charge in [0.25, 0.3) is 0 Å². The standard InChI is InChI=1S/C13H22N2O4/c1-3-6-11(16)14-8-5-9-19-10-13(18)15-12(17)7-4-2/h3-4,6-7,13,18H,5,8-10H2,1-2H3,(H,14,16)(H,15,17). The third-order valence-electron chi connectivity index (χ3n) is 1.99. The van der Waals surface area contributed by atoms with Gasteiger partial charge in [-0.3, -0.25) is 9.59 Å². The summed E-state index contributed by atoms with van der Waals surface area (Å²) < 4.78 is 5.16. The van der Waals surface area contributed by atoms with Gasteiger partial charge in [-0.25, -0.2) is 0 Å². The Morgan fingerprint density at radius 2 is 1.84 bits per heavy atom. The molecule has 0 aliphatic heterocycles. The van der Waals surface area contributed by atoms with E-state index < -0.39 is 6.23 Å². The first-order chi connectivity index (χ1) is 9.10. The maximum absolute atomic E-state index is 11.1. The van der Waals surface area contributed by atoms with Crippen LogP contribution in [0.15, 0.2) is 24.3 Å². The number of carbonyl (C=O) groups excluding carboxylic acids is 2. The number of hydrogen-bond donors (Lipinski definition) is 3. The lowest BCUT2D eigenvalue weighted by Gasteiger charge is -2.11. The second-order valence-electron chi connectivity index (χ2n) is 3.74. The van der Waals surface area contributed by atoms with E-state index in [-0.39, 0.29) is 18.4 Å². The van der Waals surface area contributed by atoms with Gasteiger partial charge in [0.2, 0.25) is 11.8 Å². The van der Waals surface area contributed by atoms with Crippen molar-refractivity contribution < 1.29 is 19.4 Å². The van der Waals surface area contributed by atoms with Crippen LogP contribution in [0, 0.1) is 0 Å². The molecule has 0 aromatic heterocycles. The maximum Gasteiger partial charge on any atom is 0.245 e. The summed E-state index contributed by atoms with van der Waals surface area (Å²) in [6.07, 6.45) is 5.62. The lowest BCUT2D eigenvalue weighted by atomic mass is 10.4. The van der Waals surface area contributed by atoms with Crippen LogP contribution in [0.4, 0.5) is 0 Å². The molecule has 0 saturated heterocycles. The fourth-order valence-corrected chi connectivity index (χ4v) is 1.20. The zero-order chi connectivity index (χ0) is 14.5. The van der Waals surface area contributed by atoms with Gasteiger partial charge in [0.15, 0.2) is 0 Å². The molecule has 0 aliphatic carbocycles. The largest absolute Gasteiger partial charge is 0.377 e. The lowest BCUT2D eigenvalue weighted by molar-refractivity contribution is -0.121. The number of rotatable bonds is 9. The molecular formula is C13H22N2O4. The van der Waals surface area contributed by atoms with Gasteiger partial charge in [-0.05, 0) is 32.4 Å². The molecule has 0 spiro atoms. The molecular weight excluding hydrogens is 248 g/mol. The third-order valence-corrected chi connectivity index (χ3v) is 1.99. The molecule has 1 unspecified atom stereocenters. The van der Waals surface area contributed by atoms with Crippen LogP contribution in [0.5, 0.6) is 0 Å². The first kappa shape index (κ1) is 17.3. The Morgan fingerprint density at radius 3 is 2.47 bits per heavy atom. The summed E-state index contributed by atoms with van der Waals surface area (Å²) in [4.78, 5) is 22.1. The van der Waals surface area contributed by atoms with Crippen LogP contribution in [0.1, 0.15) is 20.3 Å². The first-order valence-corrected chi connectivity index (χ1v) is 6.19. The Morgan fingerprint density at radius 1 is 1.21 bits per heavy atom. The van der Waals surface area contributed by atoms with Gasteiger partial charge in [0, 0.05) is 13.2 Å². The quantitative estimate of drug-likeness (QED) is 0.315. The number of amides is 2. The molecule has 6 nitrogen and oxygen atoms in total. The van der Waals surface area contributed by atoms with E-state index in [1.54, 1.807) is 26.0 Å². The minimum atomic E-state index is -1.03. The number of hydrogen-bond acceptors (Lipinski definition) is 4. The fraction of sp³-hybridized carbons (Fsp3) is 0.538. The zero-order valence-corrected chi connectivity index (χ0v) is 11.4. The van der Waals surface area contributed by atoms with Crippen LogP contribution < -0.4 is 10.6 Å². The van der Waals surface area contributed by atoms with E-state index in [2.05, 4.69) is 10.6 Å². The molecule has 0 saturated carbocycles. The molecule has 0 rings (SSSR count). The zero-order valence-electron chi connectivity index (χ0n) is 11.4. The highest BCUT2D eigenvalue weighted by molar-refractivity contribution is 5.87. The van der Waals surface area contributed by atoms with Crippen LogP contribution in [0.25, 0.3) is 0 Å².